The third-order valence-electron chi connectivity index (χ3n) is 4.64. The van der Waals surface area contributed by atoms with Crippen molar-refractivity contribution in [2.45, 2.75) is 25.3 Å². The molecule has 1 amide bonds. The summed E-state index contributed by atoms with van der Waals surface area (Å²) in [5.41, 5.74) is 1.24. The maximum atomic E-state index is 12.9. The summed E-state index contributed by atoms with van der Waals surface area (Å²) >= 11 is 0. The number of carbonyl (C=O) groups is 1. The molecule has 0 spiro atoms. The highest BCUT2D eigenvalue weighted by atomic mass is 32.2. The molecule has 0 saturated heterocycles. The molecule has 0 unspecified atom stereocenters. The van der Waals surface area contributed by atoms with Gasteiger partial charge in [-0.1, -0.05) is 17.7 Å². The molecular formula is C22H23N3O5S. The van der Waals surface area contributed by atoms with Gasteiger partial charge in [0.25, 0.3) is 15.6 Å². The lowest BCUT2D eigenvalue weighted by molar-refractivity contribution is -0.116. The Balaban J connectivity index is 1.80. The number of methoxy groups -OCH3 is 1. The molecule has 8 nitrogen and oxygen atoms in total. The molecule has 31 heavy (non-hydrogen) atoms. The molecule has 0 atom stereocenters. The summed E-state index contributed by atoms with van der Waals surface area (Å²) in [7, 11) is -2.40. The van der Waals surface area contributed by atoms with Crippen molar-refractivity contribution < 1.29 is 17.9 Å². The Morgan fingerprint density at radius 2 is 1.61 bits per heavy atom. The first-order valence-corrected chi connectivity index (χ1v) is 10.9. The van der Waals surface area contributed by atoms with Crippen molar-refractivity contribution >= 4 is 27.3 Å². The monoisotopic (exact) mass is 441 g/mol. The number of hydrogen-bond donors (Lipinski definition) is 2. The number of hydrogen-bond acceptors (Lipinski definition) is 5. The highest BCUT2D eigenvalue weighted by molar-refractivity contribution is 7.92. The molecule has 0 aliphatic heterocycles. The van der Waals surface area contributed by atoms with E-state index in [2.05, 4.69) is 10.0 Å². The number of nitrogens with one attached hydrogen (secondary N) is 2. The second kappa shape index (κ2) is 9.05. The minimum atomic E-state index is -3.94. The molecule has 1 aromatic heterocycles. The average Bonchev–Trinajstić information content (AvgIpc) is 2.74. The van der Waals surface area contributed by atoms with Crippen LogP contribution in [-0.2, 0) is 21.4 Å². The van der Waals surface area contributed by atoms with Gasteiger partial charge in [0, 0.05) is 11.4 Å². The van der Waals surface area contributed by atoms with Crippen LogP contribution in [-0.4, -0.2) is 26.0 Å². The topological polar surface area (TPSA) is 106 Å². The van der Waals surface area contributed by atoms with Crippen LogP contribution in [0, 0.1) is 13.8 Å². The van der Waals surface area contributed by atoms with Gasteiger partial charge in [0.05, 0.1) is 12.0 Å². The Labute approximate surface area is 180 Å². The van der Waals surface area contributed by atoms with Crippen molar-refractivity contribution in [2.24, 2.45) is 0 Å². The predicted octanol–water partition coefficient (Wildman–Crippen LogP) is 2.91. The summed E-state index contributed by atoms with van der Waals surface area (Å²) in [6, 6.07) is 16.0. The van der Waals surface area contributed by atoms with E-state index in [0.717, 1.165) is 5.56 Å². The van der Waals surface area contributed by atoms with E-state index in [4.69, 9.17) is 4.74 Å². The van der Waals surface area contributed by atoms with Crippen molar-refractivity contribution in [1.29, 1.82) is 0 Å². The summed E-state index contributed by atoms with van der Waals surface area (Å²) in [6.07, 6.45) is 0. The molecule has 0 bridgehead atoms. The molecule has 3 rings (SSSR count). The maximum Gasteiger partial charge on any atom is 0.275 e. The molecule has 0 aliphatic rings. The number of rotatable bonds is 7. The van der Waals surface area contributed by atoms with Gasteiger partial charge in [-0.15, -0.1) is 0 Å². The van der Waals surface area contributed by atoms with E-state index in [0.29, 0.717) is 17.1 Å². The fourth-order valence-corrected chi connectivity index (χ4v) is 3.94. The summed E-state index contributed by atoms with van der Waals surface area (Å²) in [6.45, 7) is 3.25. The fraction of sp³-hybridized carbons (Fsp3) is 0.182. The first-order valence-electron chi connectivity index (χ1n) is 9.43. The molecule has 0 aliphatic carbocycles. The molecule has 0 radical (unpaired) electrons. The van der Waals surface area contributed by atoms with Gasteiger partial charge in [-0.2, -0.15) is 0 Å². The molecule has 2 aromatic carbocycles. The smallest absolute Gasteiger partial charge is 0.275 e. The first-order chi connectivity index (χ1) is 14.7. The van der Waals surface area contributed by atoms with Crippen LogP contribution in [0.3, 0.4) is 0 Å². The van der Waals surface area contributed by atoms with Crippen molar-refractivity contribution in [3.05, 3.63) is 82.3 Å². The van der Waals surface area contributed by atoms with Crippen molar-refractivity contribution in [3.63, 3.8) is 0 Å². The first kappa shape index (κ1) is 22.1. The van der Waals surface area contributed by atoms with Gasteiger partial charge in [-0.25, -0.2) is 8.42 Å². The molecule has 0 saturated carbocycles. The van der Waals surface area contributed by atoms with Crippen molar-refractivity contribution in [2.75, 3.05) is 17.1 Å². The van der Waals surface area contributed by atoms with E-state index < -0.39 is 21.5 Å². The van der Waals surface area contributed by atoms with Gasteiger partial charge >= 0.3 is 0 Å². The average molecular weight is 442 g/mol. The van der Waals surface area contributed by atoms with Crippen LogP contribution in [0.4, 0.5) is 11.4 Å². The van der Waals surface area contributed by atoms with E-state index in [1.54, 1.807) is 56.5 Å². The van der Waals surface area contributed by atoms with Gasteiger partial charge in [0.2, 0.25) is 5.91 Å². The minimum Gasteiger partial charge on any atom is -0.497 e. The third kappa shape index (κ3) is 5.32. The highest BCUT2D eigenvalue weighted by Gasteiger charge is 2.18. The van der Waals surface area contributed by atoms with Crippen LogP contribution >= 0.6 is 0 Å². The normalized spacial score (nSPS) is 11.1. The zero-order valence-corrected chi connectivity index (χ0v) is 18.2. The van der Waals surface area contributed by atoms with Crippen LogP contribution in [0.5, 0.6) is 5.75 Å². The molecule has 3 aromatic rings. The van der Waals surface area contributed by atoms with E-state index in [9.17, 15) is 18.0 Å². The summed E-state index contributed by atoms with van der Waals surface area (Å²) in [5.74, 6) is 0.229. The second-order valence-corrected chi connectivity index (χ2v) is 8.66. The van der Waals surface area contributed by atoms with Crippen LogP contribution < -0.4 is 20.3 Å². The molecular weight excluding hydrogens is 418 g/mol. The number of aromatic nitrogens is 1. The third-order valence-corrected chi connectivity index (χ3v) is 6.03. The number of nitrogens with zero attached hydrogens (tertiary/aromatic N) is 1. The largest absolute Gasteiger partial charge is 0.497 e. The Morgan fingerprint density at radius 3 is 2.23 bits per heavy atom. The Hall–Kier alpha value is -3.59. The summed E-state index contributed by atoms with van der Waals surface area (Å²) in [4.78, 5) is 25.4. The van der Waals surface area contributed by atoms with E-state index in [1.807, 2.05) is 6.92 Å². The lowest BCUT2D eigenvalue weighted by Crippen LogP contribution is -2.31. The van der Waals surface area contributed by atoms with Gasteiger partial charge in [-0.05, 0) is 62.4 Å². The van der Waals surface area contributed by atoms with Crippen LogP contribution in [0.25, 0.3) is 0 Å². The Bertz CT molecular complexity index is 1250. The standard InChI is InChI=1S/C22H23N3O5S/c1-15-4-11-19(12-5-15)31(28,29)24-20-13-6-16(2)25(22(20)27)14-21(26)23-17-7-9-18(30-3)10-8-17/h4-13,24H,14H2,1-3H3,(H,23,26). The number of ether oxygens (including phenoxy) is 1. The fourth-order valence-electron chi connectivity index (χ4n) is 2.88. The number of aryl methyl sites for hydroxylation is 2. The van der Waals surface area contributed by atoms with Gasteiger partial charge in [0.1, 0.15) is 18.0 Å². The maximum absolute atomic E-state index is 12.9. The van der Waals surface area contributed by atoms with Crippen molar-refractivity contribution in [3.8, 4) is 5.75 Å². The van der Waals surface area contributed by atoms with E-state index in [1.165, 1.54) is 22.8 Å². The van der Waals surface area contributed by atoms with E-state index in [-0.39, 0.29) is 17.1 Å². The number of benzene rings is 2. The van der Waals surface area contributed by atoms with Gasteiger partial charge in [0.15, 0.2) is 0 Å². The Kier molecular flexibility index (Phi) is 6.45. The second-order valence-electron chi connectivity index (χ2n) is 6.97. The van der Waals surface area contributed by atoms with Crippen LogP contribution in [0.15, 0.2) is 70.4 Å². The predicted molar refractivity (Wildman–Crippen MR) is 119 cm³/mol. The van der Waals surface area contributed by atoms with Gasteiger partial charge in [-0.3, -0.25) is 14.3 Å². The molecule has 2 N–H and O–H groups in total. The number of carbonyl (C=O) groups excluding carboxylic acids is 1. The molecule has 162 valence electrons. The SMILES string of the molecule is COc1ccc(NC(=O)Cn2c(C)ccc(NS(=O)(=O)c3ccc(C)cc3)c2=O)cc1. The molecule has 9 heteroatoms. The van der Waals surface area contributed by atoms with Crippen LogP contribution in [0.1, 0.15) is 11.3 Å². The van der Waals surface area contributed by atoms with Crippen LogP contribution in [0.2, 0.25) is 0 Å². The number of anilines is 2. The number of pyridine rings is 1. The molecule has 1 heterocycles. The minimum absolute atomic E-state index is 0.0434. The van der Waals surface area contributed by atoms with Gasteiger partial charge < -0.3 is 14.6 Å². The lowest BCUT2D eigenvalue weighted by Gasteiger charge is -2.14. The zero-order valence-electron chi connectivity index (χ0n) is 17.4. The summed E-state index contributed by atoms with van der Waals surface area (Å²) in [5, 5.41) is 2.70. The van der Waals surface area contributed by atoms with E-state index >= 15 is 0 Å². The van der Waals surface area contributed by atoms with Crippen molar-refractivity contribution in [1.82, 2.24) is 4.57 Å². The molecule has 0 fully saturated rings. The number of amides is 1. The quantitative estimate of drug-likeness (QED) is 0.586. The lowest BCUT2D eigenvalue weighted by atomic mass is 10.2. The highest BCUT2D eigenvalue weighted by Crippen LogP contribution is 2.16. The zero-order chi connectivity index (χ0) is 22.6. The number of sulfonamides is 1. The summed E-state index contributed by atoms with van der Waals surface area (Å²) < 4.78 is 33.9. The Morgan fingerprint density at radius 1 is 0.968 bits per heavy atom.